The molecule has 0 spiro atoms. The summed E-state index contributed by atoms with van der Waals surface area (Å²) in [6.45, 7) is 5.98. The van der Waals surface area contributed by atoms with Crippen molar-refractivity contribution in [2.75, 3.05) is 32.0 Å². The van der Waals surface area contributed by atoms with Gasteiger partial charge in [0, 0.05) is 19.7 Å². The molecule has 114 valence electrons. The molecule has 0 aromatic carbocycles. The summed E-state index contributed by atoms with van der Waals surface area (Å²) >= 11 is 0. The van der Waals surface area contributed by atoms with Crippen molar-refractivity contribution in [3.63, 3.8) is 0 Å². The molecule has 1 fully saturated rings. The minimum atomic E-state index is -3.11. The van der Waals surface area contributed by atoms with Gasteiger partial charge in [-0.15, -0.1) is 19.0 Å². The second kappa shape index (κ2) is 9.72. The number of halogens is 1. The lowest BCUT2D eigenvalue weighted by atomic mass is 10.1. The van der Waals surface area contributed by atoms with Gasteiger partial charge in [0.05, 0.1) is 11.9 Å². The average Bonchev–Trinajstić information content (AvgIpc) is 2.37. The Labute approximate surface area is 122 Å². The van der Waals surface area contributed by atoms with Crippen LogP contribution in [0.25, 0.3) is 0 Å². The number of rotatable bonds is 8. The molecule has 0 atom stereocenters. The van der Waals surface area contributed by atoms with E-state index in [0.717, 1.165) is 19.3 Å². The van der Waals surface area contributed by atoms with E-state index in [1.54, 1.807) is 10.4 Å². The van der Waals surface area contributed by atoms with E-state index in [-0.39, 0.29) is 24.3 Å². The third-order valence-electron chi connectivity index (χ3n) is 3.08. The second-order valence-corrected chi connectivity index (χ2v) is 6.59. The van der Waals surface area contributed by atoms with Crippen molar-refractivity contribution in [3.8, 4) is 0 Å². The summed E-state index contributed by atoms with van der Waals surface area (Å²) in [6.07, 6.45) is 4.74. The SMILES string of the molecule is C=CCCS(=O)(=O)N1CCC(OCCCN)CC1.Cl. The van der Waals surface area contributed by atoms with E-state index >= 15 is 0 Å². The van der Waals surface area contributed by atoms with E-state index in [9.17, 15) is 8.42 Å². The highest BCUT2D eigenvalue weighted by Gasteiger charge is 2.27. The van der Waals surface area contributed by atoms with Gasteiger partial charge in [0.25, 0.3) is 0 Å². The van der Waals surface area contributed by atoms with Crippen LogP contribution in [0.15, 0.2) is 12.7 Å². The maximum atomic E-state index is 11.9. The van der Waals surface area contributed by atoms with Crippen molar-refractivity contribution in [1.82, 2.24) is 4.31 Å². The van der Waals surface area contributed by atoms with Crippen LogP contribution in [0.4, 0.5) is 0 Å². The highest BCUT2D eigenvalue weighted by Crippen LogP contribution is 2.17. The maximum Gasteiger partial charge on any atom is 0.214 e. The molecule has 1 heterocycles. The highest BCUT2D eigenvalue weighted by molar-refractivity contribution is 7.89. The summed E-state index contributed by atoms with van der Waals surface area (Å²) in [4.78, 5) is 0. The number of sulfonamides is 1. The predicted molar refractivity (Wildman–Crippen MR) is 80.1 cm³/mol. The van der Waals surface area contributed by atoms with Crippen LogP contribution in [0.1, 0.15) is 25.7 Å². The van der Waals surface area contributed by atoms with E-state index in [1.165, 1.54) is 0 Å². The summed E-state index contributed by atoms with van der Waals surface area (Å²) in [5.41, 5.74) is 5.39. The van der Waals surface area contributed by atoms with Crippen molar-refractivity contribution < 1.29 is 13.2 Å². The number of ether oxygens (including phenoxy) is 1. The second-order valence-electron chi connectivity index (χ2n) is 4.50. The van der Waals surface area contributed by atoms with Crippen molar-refractivity contribution in [2.24, 2.45) is 5.73 Å². The molecule has 0 radical (unpaired) electrons. The van der Waals surface area contributed by atoms with Crippen LogP contribution in [0.3, 0.4) is 0 Å². The van der Waals surface area contributed by atoms with Gasteiger partial charge in [0.1, 0.15) is 0 Å². The quantitative estimate of drug-likeness (QED) is 0.539. The number of piperidine rings is 1. The summed E-state index contributed by atoms with van der Waals surface area (Å²) in [5.74, 6) is 0.162. The van der Waals surface area contributed by atoms with Crippen molar-refractivity contribution >= 4 is 22.4 Å². The number of nitrogens with two attached hydrogens (primary N) is 1. The van der Waals surface area contributed by atoms with Crippen LogP contribution >= 0.6 is 12.4 Å². The van der Waals surface area contributed by atoms with Gasteiger partial charge in [0.15, 0.2) is 0 Å². The van der Waals surface area contributed by atoms with Crippen LogP contribution in [0.2, 0.25) is 0 Å². The normalized spacial score (nSPS) is 17.9. The maximum absolute atomic E-state index is 11.9. The van der Waals surface area contributed by atoms with E-state index < -0.39 is 10.0 Å². The summed E-state index contributed by atoms with van der Waals surface area (Å²) < 4.78 is 31.1. The zero-order valence-corrected chi connectivity index (χ0v) is 12.9. The molecular weight excluding hydrogens is 288 g/mol. The van der Waals surface area contributed by atoms with Gasteiger partial charge < -0.3 is 10.5 Å². The highest BCUT2D eigenvalue weighted by atomic mass is 35.5. The molecule has 0 aliphatic carbocycles. The summed E-state index contributed by atoms with van der Waals surface area (Å²) in [5, 5.41) is 0. The lowest BCUT2D eigenvalue weighted by Gasteiger charge is -2.31. The summed E-state index contributed by atoms with van der Waals surface area (Å²) in [7, 11) is -3.11. The zero-order valence-electron chi connectivity index (χ0n) is 11.3. The molecule has 1 saturated heterocycles. The molecule has 7 heteroatoms. The smallest absolute Gasteiger partial charge is 0.214 e. The Morgan fingerprint density at radius 3 is 2.53 bits per heavy atom. The van der Waals surface area contributed by atoms with E-state index in [4.69, 9.17) is 10.5 Å². The number of hydrogen-bond donors (Lipinski definition) is 1. The molecule has 1 aliphatic heterocycles. The molecular formula is C12H25ClN2O3S. The van der Waals surface area contributed by atoms with E-state index in [2.05, 4.69) is 6.58 Å². The summed E-state index contributed by atoms with van der Waals surface area (Å²) in [6, 6.07) is 0. The van der Waals surface area contributed by atoms with Gasteiger partial charge in [-0.25, -0.2) is 12.7 Å². The first-order chi connectivity index (χ1) is 8.60. The molecule has 1 aliphatic rings. The Kier molecular flexibility index (Phi) is 9.64. The van der Waals surface area contributed by atoms with Crippen LogP contribution in [-0.4, -0.2) is 50.8 Å². The average molecular weight is 313 g/mol. The van der Waals surface area contributed by atoms with Crippen LogP contribution < -0.4 is 5.73 Å². The van der Waals surface area contributed by atoms with E-state index in [0.29, 0.717) is 32.7 Å². The first-order valence-corrected chi connectivity index (χ1v) is 8.11. The molecule has 1 rings (SSSR count). The van der Waals surface area contributed by atoms with Gasteiger partial charge in [-0.2, -0.15) is 0 Å². The Balaban J connectivity index is 0.00000324. The standard InChI is InChI=1S/C12H24N2O3S.ClH/c1-2-3-11-18(15,16)14-8-5-12(6-9-14)17-10-4-7-13;/h2,12H,1,3-11,13H2;1H. The van der Waals surface area contributed by atoms with Gasteiger partial charge in [-0.05, 0) is 32.2 Å². The van der Waals surface area contributed by atoms with Crippen LogP contribution in [0.5, 0.6) is 0 Å². The lowest BCUT2D eigenvalue weighted by Crippen LogP contribution is -2.41. The fourth-order valence-electron chi connectivity index (χ4n) is 1.97. The Morgan fingerprint density at radius 2 is 2.00 bits per heavy atom. The zero-order chi connectivity index (χ0) is 13.4. The first-order valence-electron chi connectivity index (χ1n) is 6.50. The number of allylic oxidation sites excluding steroid dienone is 1. The lowest BCUT2D eigenvalue weighted by molar-refractivity contribution is 0.0209. The first kappa shape index (κ1) is 18.9. The Hall–Kier alpha value is -0.140. The Morgan fingerprint density at radius 1 is 1.37 bits per heavy atom. The third kappa shape index (κ3) is 6.72. The third-order valence-corrected chi connectivity index (χ3v) is 4.98. The fourth-order valence-corrected chi connectivity index (χ4v) is 3.46. The largest absolute Gasteiger partial charge is 0.378 e. The topological polar surface area (TPSA) is 72.6 Å². The van der Waals surface area contributed by atoms with Gasteiger partial charge in [-0.3, -0.25) is 0 Å². The van der Waals surface area contributed by atoms with Gasteiger partial charge >= 0.3 is 0 Å². The van der Waals surface area contributed by atoms with Gasteiger partial charge in [0.2, 0.25) is 10.0 Å². The Bertz CT molecular complexity index is 341. The molecule has 5 nitrogen and oxygen atoms in total. The van der Waals surface area contributed by atoms with E-state index in [1.807, 2.05) is 0 Å². The predicted octanol–water partition coefficient (Wildman–Crippen LogP) is 1.14. The molecule has 0 aromatic heterocycles. The molecule has 0 unspecified atom stereocenters. The molecule has 0 bridgehead atoms. The van der Waals surface area contributed by atoms with Crippen molar-refractivity contribution in [3.05, 3.63) is 12.7 Å². The van der Waals surface area contributed by atoms with Crippen molar-refractivity contribution in [1.29, 1.82) is 0 Å². The van der Waals surface area contributed by atoms with Crippen molar-refractivity contribution in [2.45, 2.75) is 31.8 Å². The minimum Gasteiger partial charge on any atom is -0.378 e. The number of nitrogens with zero attached hydrogens (tertiary/aromatic N) is 1. The van der Waals surface area contributed by atoms with Crippen LogP contribution in [0, 0.1) is 0 Å². The minimum absolute atomic E-state index is 0. The molecule has 0 aromatic rings. The van der Waals surface area contributed by atoms with Gasteiger partial charge in [-0.1, -0.05) is 6.08 Å². The fraction of sp³-hybridized carbons (Fsp3) is 0.833. The molecule has 0 amide bonds. The molecule has 0 saturated carbocycles. The monoisotopic (exact) mass is 312 g/mol. The molecule has 2 N–H and O–H groups in total. The van der Waals surface area contributed by atoms with Crippen LogP contribution in [-0.2, 0) is 14.8 Å². The number of hydrogen-bond acceptors (Lipinski definition) is 4. The molecule has 19 heavy (non-hydrogen) atoms.